The monoisotopic (exact) mass is 224 g/mol. The zero-order valence-corrected chi connectivity index (χ0v) is 10.6. The molecule has 16 heavy (non-hydrogen) atoms. The molecule has 0 radical (unpaired) electrons. The van der Waals surface area contributed by atoms with Crippen LogP contribution < -0.4 is 10.6 Å². The SMILES string of the molecule is CC1(NC(=O)C2(C)CCCNC2)CCCC1. The smallest absolute Gasteiger partial charge is 0.227 e. The number of nitrogens with one attached hydrogen (secondary N) is 2. The quantitative estimate of drug-likeness (QED) is 0.751. The average molecular weight is 224 g/mol. The van der Waals surface area contributed by atoms with Gasteiger partial charge in [0.05, 0.1) is 5.41 Å². The number of hydrogen-bond donors (Lipinski definition) is 2. The van der Waals surface area contributed by atoms with E-state index in [0.29, 0.717) is 0 Å². The van der Waals surface area contributed by atoms with Gasteiger partial charge < -0.3 is 10.6 Å². The highest BCUT2D eigenvalue weighted by atomic mass is 16.2. The Kier molecular flexibility index (Phi) is 3.24. The van der Waals surface area contributed by atoms with Gasteiger partial charge in [0.15, 0.2) is 0 Å². The van der Waals surface area contributed by atoms with Crippen molar-refractivity contribution in [3.63, 3.8) is 0 Å². The largest absolute Gasteiger partial charge is 0.350 e. The van der Waals surface area contributed by atoms with Crippen molar-refractivity contribution in [2.75, 3.05) is 13.1 Å². The molecule has 2 fully saturated rings. The molecule has 3 heteroatoms. The Labute approximate surface area is 98.4 Å². The van der Waals surface area contributed by atoms with Crippen molar-refractivity contribution in [1.82, 2.24) is 10.6 Å². The molecule has 1 unspecified atom stereocenters. The molecule has 1 heterocycles. The minimum Gasteiger partial charge on any atom is -0.350 e. The fraction of sp³-hybridized carbons (Fsp3) is 0.923. The van der Waals surface area contributed by atoms with Crippen molar-refractivity contribution >= 4 is 5.91 Å². The Morgan fingerprint density at radius 1 is 1.12 bits per heavy atom. The van der Waals surface area contributed by atoms with E-state index in [1.807, 2.05) is 0 Å². The van der Waals surface area contributed by atoms with E-state index >= 15 is 0 Å². The second-order valence-corrected chi connectivity index (χ2v) is 6.06. The predicted octanol–water partition coefficient (Wildman–Crippen LogP) is 1.82. The van der Waals surface area contributed by atoms with Crippen LogP contribution in [0, 0.1) is 5.41 Å². The number of piperidine rings is 1. The molecular formula is C13H24N2O. The molecule has 1 saturated carbocycles. The molecule has 2 aliphatic rings. The summed E-state index contributed by atoms with van der Waals surface area (Å²) in [6.45, 7) is 6.17. The summed E-state index contributed by atoms with van der Waals surface area (Å²) in [5.41, 5.74) is -0.124. The first kappa shape index (κ1) is 11.9. The van der Waals surface area contributed by atoms with Crippen LogP contribution in [-0.2, 0) is 4.79 Å². The van der Waals surface area contributed by atoms with E-state index in [1.54, 1.807) is 0 Å². The molecule has 1 amide bonds. The van der Waals surface area contributed by atoms with E-state index in [4.69, 9.17) is 0 Å². The van der Waals surface area contributed by atoms with E-state index in [-0.39, 0.29) is 16.9 Å². The topological polar surface area (TPSA) is 41.1 Å². The van der Waals surface area contributed by atoms with Gasteiger partial charge in [-0.1, -0.05) is 12.8 Å². The van der Waals surface area contributed by atoms with Crippen LogP contribution in [0.25, 0.3) is 0 Å². The van der Waals surface area contributed by atoms with Gasteiger partial charge in [0.2, 0.25) is 5.91 Å². The maximum atomic E-state index is 12.3. The van der Waals surface area contributed by atoms with Gasteiger partial charge in [0.1, 0.15) is 0 Å². The third-order valence-electron chi connectivity index (χ3n) is 4.27. The van der Waals surface area contributed by atoms with Crippen LogP contribution in [0.3, 0.4) is 0 Å². The first-order valence-electron chi connectivity index (χ1n) is 6.58. The molecule has 1 aliphatic carbocycles. The molecule has 0 spiro atoms. The minimum absolute atomic E-state index is 0.0670. The highest BCUT2D eigenvalue weighted by Gasteiger charge is 2.39. The van der Waals surface area contributed by atoms with Crippen LogP contribution in [0.2, 0.25) is 0 Å². The zero-order chi connectivity index (χ0) is 11.6. The Balaban J connectivity index is 1.96. The van der Waals surface area contributed by atoms with E-state index < -0.39 is 0 Å². The van der Waals surface area contributed by atoms with Gasteiger partial charge in [0, 0.05) is 12.1 Å². The Bertz CT molecular complexity index is 263. The lowest BCUT2D eigenvalue weighted by atomic mass is 9.81. The number of carbonyl (C=O) groups is 1. The summed E-state index contributed by atoms with van der Waals surface area (Å²) >= 11 is 0. The van der Waals surface area contributed by atoms with Gasteiger partial charge in [0.25, 0.3) is 0 Å². The summed E-state index contributed by atoms with van der Waals surface area (Å²) in [6.07, 6.45) is 6.92. The van der Waals surface area contributed by atoms with Crippen molar-refractivity contribution in [2.24, 2.45) is 5.41 Å². The van der Waals surface area contributed by atoms with Crippen LogP contribution in [-0.4, -0.2) is 24.5 Å². The molecule has 0 bridgehead atoms. The van der Waals surface area contributed by atoms with Crippen LogP contribution >= 0.6 is 0 Å². The van der Waals surface area contributed by atoms with Crippen molar-refractivity contribution in [3.8, 4) is 0 Å². The fourth-order valence-electron chi connectivity index (χ4n) is 2.96. The van der Waals surface area contributed by atoms with Crippen LogP contribution in [0.15, 0.2) is 0 Å². The van der Waals surface area contributed by atoms with Crippen molar-refractivity contribution in [3.05, 3.63) is 0 Å². The first-order chi connectivity index (χ1) is 7.54. The summed E-state index contributed by atoms with van der Waals surface area (Å²) in [4.78, 5) is 12.3. The molecule has 0 aromatic carbocycles. The summed E-state index contributed by atoms with van der Waals surface area (Å²) < 4.78 is 0. The van der Waals surface area contributed by atoms with Gasteiger partial charge in [-0.2, -0.15) is 0 Å². The second kappa shape index (κ2) is 4.36. The predicted molar refractivity (Wildman–Crippen MR) is 65.2 cm³/mol. The first-order valence-corrected chi connectivity index (χ1v) is 6.58. The van der Waals surface area contributed by atoms with Crippen molar-refractivity contribution < 1.29 is 4.79 Å². The lowest BCUT2D eigenvalue weighted by Gasteiger charge is -2.36. The van der Waals surface area contributed by atoms with Gasteiger partial charge in [-0.05, 0) is 46.1 Å². The number of amides is 1. The Hall–Kier alpha value is -0.570. The Morgan fingerprint density at radius 3 is 2.38 bits per heavy atom. The van der Waals surface area contributed by atoms with E-state index in [2.05, 4.69) is 24.5 Å². The lowest BCUT2D eigenvalue weighted by Crippen LogP contribution is -2.54. The minimum atomic E-state index is -0.191. The fourth-order valence-corrected chi connectivity index (χ4v) is 2.96. The number of carbonyl (C=O) groups excluding carboxylic acids is 1. The second-order valence-electron chi connectivity index (χ2n) is 6.06. The lowest BCUT2D eigenvalue weighted by molar-refractivity contribution is -0.132. The van der Waals surface area contributed by atoms with E-state index in [0.717, 1.165) is 38.8 Å². The van der Waals surface area contributed by atoms with Crippen molar-refractivity contribution in [1.29, 1.82) is 0 Å². The summed E-state index contributed by atoms with van der Waals surface area (Å²) in [5, 5.41) is 6.62. The molecule has 0 aromatic rings. The molecule has 2 N–H and O–H groups in total. The van der Waals surface area contributed by atoms with Gasteiger partial charge in [-0.3, -0.25) is 4.79 Å². The summed E-state index contributed by atoms with van der Waals surface area (Å²) in [5.74, 6) is 0.254. The molecule has 1 saturated heterocycles. The van der Waals surface area contributed by atoms with Gasteiger partial charge in [-0.25, -0.2) is 0 Å². The standard InChI is InChI=1S/C13H24N2O/c1-12(6-5-9-14-10-12)11(16)15-13(2)7-3-4-8-13/h14H,3-10H2,1-2H3,(H,15,16). The average Bonchev–Trinajstić information content (AvgIpc) is 2.66. The molecule has 92 valence electrons. The molecular weight excluding hydrogens is 200 g/mol. The summed E-state index contributed by atoms with van der Waals surface area (Å²) in [7, 11) is 0. The third-order valence-corrected chi connectivity index (χ3v) is 4.27. The number of rotatable bonds is 2. The molecule has 3 nitrogen and oxygen atoms in total. The Morgan fingerprint density at radius 2 is 1.81 bits per heavy atom. The molecule has 0 aromatic heterocycles. The van der Waals surface area contributed by atoms with E-state index in [9.17, 15) is 4.79 Å². The summed E-state index contributed by atoms with van der Waals surface area (Å²) in [6, 6.07) is 0. The molecule has 1 atom stereocenters. The van der Waals surface area contributed by atoms with Crippen LogP contribution in [0.5, 0.6) is 0 Å². The third kappa shape index (κ3) is 2.40. The maximum Gasteiger partial charge on any atom is 0.227 e. The van der Waals surface area contributed by atoms with Gasteiger partial charge >= 0.3 is 0 Å². The highest BCUT2D eigenvalue weighted by Crippen LogP contribution is 2.32. The normalized spacial score (nSPS) is 33.6. The van der Waals surface area contributed by atoms with E-state index in [1.165, 1.54) is 12.8 Å². The maximum absolute atomic E-state index is 12.3. The van der Waals surface area contributed by atoms with Crippen LogP contribution in [0.4, 0.5) is 0 Å². The molecule has 2 rings (SSSR count). The molecule has 1 aliphatic heterocycles. The zero-order valence-electron chi connectivity index (χ0n) is 10.6. The highest BCUT2D eigenvalue weighted by molar-refractivity contribution is 5.83. The number of hydrogen-bond acceptors (Lipinski definition) is 2. The van der Waals surface area contributed by atoms with Crippen LogP contribution in [0.1, 0.15) is 52.4 Å². The van der Waals surface area contributed by atoms with Gasteiger partial charge in [-0.15, -0.1) is 0 Å². The van der Waals surface area contributed by atoms with Crippen molar-refractivity contribution in [2.45, 2.75) is 57.9 Å².